The van der Waals surface area contributed by atoms with Gasteiger partial charge in [-0.2, -0.15) is 0 Å². The third kappa shape index (κ3) is 28.8. The van der Waals surface area contributed by atoms with Crippen LogP contribution in [0.25, 0.3) is 0 Å². The first-order valence-electron chi connectivity index (χ1n) is 26.6. The van der Waals surface area contributed by atoms with E-state index >= 15 is 0 Å². The van der Waals surface area contributed by atoms with Crippen molar-refractivity contribution in [3.05, 3.63) is 72.9 Å². The number of aliphatic hydroxyl groups excluding tert-OH is 7. The molecular formula is C55H92O15. The molecule has 0 aromatic heterocycles. The van der Waals surface area contributed by atoms with E-state index in [2.05, 4.69) is 62.5 Å². The number of carbonyl (C=O) groups excluding carboxylic acids is 2. The fourth-order valence-electron chi connectivity index (χ4n) is 7.87. The lowest BCUT2D eigenvalue weighted by atomic mass is 9.98. The zero-order chi connectivity index (χ0) is 51.0. The van der Waals surface area contributed by atoms with E-state index in [1.54, 1.807) is 12.2 Å². The molecule has 2 rings (SSSR count). The smallest absolute Gasteiger partial charge is 0.331 e. The van der Waals surface area contributed by atoms with Crippen LogP contribution in [0.2, 0.25) is 0 Å². The zero-order valence-corrected chi connectivity index (χ0v) is 42.5. The number of rotatable bonds is 40. The van der Waals surface area contributed by atoms with E-state index in [1.807, 2.05) is 6.08 Å². The molecule has 0 aromatic rings. The third-order valence-corrected chi connectivity index (χ3v) is 12.3. The van der Waals surface area contributed by atoms with Crippen molar-refractivity contribution in [2.45, 2.75) is 235 Å². The Morgan fingerprint density at radius 3 is 1.53 bits per heavy atom. The molecule has 2 heterocycles. The fraction of sp³-hybridized carbons (Fsp3) is 0.745. The third-order valence-electron chi connectivity index (χ3n) is 12.3. The lowest BCUT2D eigenvalue weighted by molar-refractivity contribution is -0.332. The van der Waals surface area contributed by atoms with Crippen LogP contribution in [-0.2, 0) is 38.0 Å². The summed E-state index contributed by atoms with van der Waals surface area (Å²) in [5.41, 5.74) is 0. The molecule has 0 aliphatic carbocycles. The lowest BCUT2D eigenvalue weighted by Gasteiger charge is -2.42. The first kappa shape index (κ1) is 63.1. The molecule has 11 atom stereocenters. The Balaban J connectivity index is 1.84. The maximum Gasteiger partial charge on any atom is 0.331 e. The zero-order valence-electron chi connectivity index (χ0n) is 42.5. The summed E-state index contributed by atoms with van der Waals surface area (Å²) >= 11 is 0. The number of hydrogen-bond donors (Lipinski definition) is 7. The van der Waals surface area contributed by atoms with E-state index in [0.717, 1.165) is 64.2 Å². The molecule has 2 aliphatic rings. The largest absolute Gasteiger partial charge is 0.462 e. The van der Waals surface area contributed by atoms with Crippen molar-refractivity contribution in [1.29, 1.82) is 0 Å². The first-order chi connectivity index (χ1) is 34.0. The Morgan fingerprint density at radius 2 is 0.957 bits per heavy atom. The van der Waals surface area contributed by atoms with E-state index in [0.29, 0.717) is 6.42 Å². The van der Waals surface area contributed by atoms with Crippen LogP contribution in [0.4, 0.5) is 0 Å². The van der Waals surface area contributed by atoms with E-state index in [4.69, 9.17) is 28.4 Å². The molecule has 2 fully saturated rings. The molecule has 70 heavy (non-hydrogen) atoms. The molecule has 0 saturated carbocycles. The Morgan fingerprint density at radius 1 is 0.500 bits per heavy atom. The van der Waals surface area contributed by atoms with Gasteiger partial charge in [-0.25, -0.2) is 4.79 Å². The van der Waals surface area contributed by atoms with Gasteiger partial charge in [-0.3, -0.25) is 4.79 Å². The van der Waals surface area contributed by atoms with Gasteiger partial charge in [0.15, 0.2) is 18.7 Å². The summed E-state index contributed by atoms with van der Waals surface area (Å²) in [5, 5.41) is 72.1. The highest BCUT2D eigenvalue weighted by atomic mass is 16.7. The van der Waals surface area contributed by atoms with Gasteiger partial charge in [0, 0.05) is 12.5 Å². The van der Waals surface area contributed by atoms with Gasteiger partial charge in [0.2, 0.25) is 0 Å². The number of allylic oxidation sites excluding steroid dienone is 11. The van der Waals surface area contributed by atoms with Crippen molar-refractivity contribution in [2.24, 2.45) is 0 Å². The van der Waals surface area contributed by atoms with Crippen LogP contribution in [0.15, 0.2) is 72.9 Å². The molecule has 15 nitrogen and oxygen atoms in total. The first-order valence-corrected chi connectivity index (χ1v) is 26.6. The SMILES string of the molecule is CCCCC/C=C/C/C=C/C/C=C/C/C=C/CCCCCC(=O)OC[C@@H](CO[C@@H]1O[C@H](CO[C@@H]2O[C@H](CO)[C@H](O)C(O)C2O)[C@H](O)C(O)C1O)OC(=O)/C=C/C=C/CCCCCCCCCCCCC. The summed E-state index contributed by atoms with van der Waals surface area (Å²) in [5.74, 6) is -1.22. The fourth-order valence-corrected chi connectivity index (χ4v) is 7.87. The van der Waals surface area contributed by atoms with Crippen LogP contribution in [0, 0.1) is 0 Å². The van der Waals surface area contributed by atoms with Crippen molar-refractivity contribution in [3.8, 4) is 0 Å². The summed E-state index contributed by atoms with van der Waals surface area (Å²) in [4.78, 5) is 25.7. The van der Waals surface area contributed by atoms with E-state index in [9.17, 15) is 45.3 Å². The van der Waals surface area contributed by atoms with Crippen LogP contribution in [-0.4, -0.2) is 142 Å². The summed E-state index contributed by atoms with van der Waals surface area (Å²) < 4.78 is 33.4. The molecule has 0 radical (unpaired) electrons. The van der Waals surface area contributed by atoms with Gasteiger partial charge >= 0.3 is 11.9 Å². The normalized spacial score (nSPS) is 26.0. The van der Waals surface area contributed by atoms with Gasteiger partial charge < -0.3 is 64.2 Å². The monoisotopic (exact) mass is 993 g/mol. The van der Waals surface area contributed by atoms with Crippen molar-refractivity contribution < 1.29 is 73.8 Å². The number of hydrogen-bond acceptors (Lipinski definition) is 15. The number of aliphatic hydroxyl groups is 7. The predicted molar refractivity (Wildman–Crippen MR) is 270 cm³/mol. The van der Waals surface area contributed by atoms with Gasteiger partial charge in [0.1, 0.15) is 55.4 Å². The molecular weight excluding hydrogens is 901 g/mol. The van der Waals surface area contributed by atoms with E-state index in [1.165, 1.54) is 83.1 Å². The highest BCUT2D eigenvalue weighted by Crippen LogP contribution is 2.26. The van der Waals surface area contributed by atoms with Crippen LogP contribution >= 0.6 is 0 Å². The van der Waals surface area contributed by atoms with Crippen molar-refractivity contribution >= 4 is 11.9 Å². The van der Waals surface area contributed by atoms with Gasteiger partial charge in [-0.15, -0.1) is 0 Å². The Labute approximate surface area is 419 Å². The maximum atomic E-state index is 12.9. The standard InChI is InChI=1S/C55H92O15/c1-3-5-7-9-11-13-15-17-19-20-21-22-24-25-27-29-31-33-35-37-46(57)65-40-43(68-47(58)38-36-34-32-30-28-26-23-18-16-14-12-10-8-6-4-2)41-66-54-53(64)51(62)49(60)45(70-54)42-67-55-52(63)50(61)48(59)44(39-56)69-55/h11,13,17,19,21-22,25,27,32,34,36,38,43-45,48-56,59-64H,3-10,12,14-16,18,20,23-24,26,28-31,33,35,37,39-42H2,1-2H3/b13-11+,19-17+,22-21+,27-25+,34-32+,38-36+/t43-,44+,45+,48-,49-,50?,51?,52?,53?,54+,55+/m0/s1. The lowest BCUT2D eigenvalue weighted by Crippen LogP contribution is -2.61. The average Bonchev–Trinajstić information content (AvgIpc) is 3.35. The van der Waals surface area contributed by atoms with Crippen LogP contribution in [0.5, 0.6) is 0 Å². The van der Waals surface area contributed by atoms with Crippen LogP contribution in [0.3, 0.4) is 0 Å². The highest BCUT2D eigenvalue weighted by molar-refractivity contribution is 5.82. The Bertz CT molecular complexity index is 1490. The number of unbranched alkanes of at least 4 members (excludes halogenated alkanes) is 17. The summed E-state index contributed by atoms with van der Waals surface area (Å²) in [6.07, 6.45) is 32.7. The second-order valence-corrected chi connectivity index (χ2v) is 18.4. The minimum absolute atomic E-state index is 0.157. The minimum Gasteiger partial charge on any atom is -0.462 e. The molecule has 15 heteroatoms. The van der Waals surface area contributed by atoms with Gasteiger partial charge in [-0.1, -0.05) is 164 Å². The molecule has 0 aromatic carbocycles. The average molecular weight is 993 g/mol. The molecule has 402 valence electrons. The molecule has 0 bridgehead atoms. The minimum atomic E-state index is -1.79. The van der Waals surface area contributed by atoms with Crippen LogP contribution in [0.1, 0.15) is 168 Å². The summed E-state index contributed by atoms with van der Waals surface area (Å²) in [6.45, 7) is 2.40. The molecule has 7 N–H and O–H groups in total. The number of ether oxygens (including phenoxy) is 6. The predicted octanol–water partition coefficient (Wildman–Crippen LogP) is 7.82. The molecule has 2 aliphatic heterocycles. The second kappa shape index (κ2) is 41.4. The molecule has 4 unspecified atom stereocenters. The molecule has 2 saturated heterocycles. The van der Waals surface area contributed by atoms with Gasteiger partial charge in [-0.05, 0) is 64.2 Å². The highest BCUT2D eigenvalue weighted by Gasteiger charge is 2.47. The second-order valence-electron chi connectivity index (χ2n) is 18.4. The Kier molecular flexibility index (Phi) is 37.3. The van der Waals surface area contributed by atoms with Crippen molar-refractivity contribution in [2.75, 3.05) is 26.4 Å². The summed E-state index contributed by atoms with van der Waals surface area (Å²) in [6, 6.07) is 0. The van der Waals surface area contributed by atoms with Crippen LogP contribution < -0.4 is 0 Å². The number of esters is 2. The summed E-state index contributed by atoms with van der Waals surface area (Å²) in [7, 11) is 0. The van der Waals surface area contributed by atoms with E-state index in [-0.39, 0.29) is 13.0 Å². The van der Waals surface area contributed by atoms with Gasteiger partial charge in [0.25, 0.3) is 0 Å². The van der Waals surface area contributed by atoms with Crippen molar-refractivity contribution in [1.82, 2.24) is 0 Å². The van der Waals surface area contributed by atoms with Crippen molar-refractivity contribution in [3.63, 3.8) is 0 Å². The molecule has 0 spiro atoms. The molecule has 0 amide bonds. The topological polar surface area (TPSA) is 231 Å². The quantitative estimate of drug-likeness (QED) is 0.0102. The Hall–Kier alpha value is -3.06. The maximum absolute atomic E-state index is 12.9. The van der Waals surface area contributed by atoms with Gasteiger partial charge in [0.05, 0.1) is 19.8 Å². The number of carbonyl (C=O) groups is 2. The van der Waals surface area contributed by atoms with E-state index < -0.39 is 99.3 Å².